The molecular formula is C46H26N4O2. The summed E-state index contributed by atoms with van der Waals surface area (Å²) in [7, 11) is 0. The van der Waals surface area contributed by atoms with Gasteiger partial charge in [-0.3, -0.25) is 9.59 Å². The van der Waals surface area contributed by atoms with Gasteiger partial charge in [-0.25, -0.2) is 4.90 Å². The number of carbonyl (C=O) groups is 2. The lowest BCUT2D eigenvalue weighted by Gasteiger charge is -2.17. The van der Waals surface area contributed by atoms with E-state index < -0.39 is 5.91 Å². The molecule has 0 saturated carbocycles. The average Bonchev–Trinajstić information content (AvgIpc) is 3.69. The molecule has 7 aromatic carbocycles. The van der Waals surface area contributed by atoms with Gasteiger partial charge in [-0.05, 0) is 70.8 Å². The molecule has 0 aliphatic carbocycles. The number of para-hydroxylation sites is 2. The fraction of sp³-hybridized carbons (Fsp3) is 0. The van der Waals surface area contributed by atoms with Crippen LogP contribution in [0.15, 0.2) is 158 Å². The van der Waals surface area contributed by atoms with E-state index >= 15 is 0 Å². The highest BCUT2D eigenvalue weighted by Gasteiger charge is 2.39. The summed E-state index contributed by atoms with van der Waals surface area (Å²) >= 11 is 0. The Hall–Kier alpha value is -7.54. The number of amides is 2. The zero-order chi connectivity index (χ0) is 35.3. The summed E-state index contributed by atoms with van der Waals surface area (Å²) in [6.45, 7) is 0. The number of nitrogens with zero attached hydrogens (tertiary/aromatic N) is 4. The molecule has 0 radical (unpaired) electrons. The normalized spacial score (nSPS) is 12.2. The highest BCUT2D eigenvalue weighted by Crippen LogP contribution is 2.44. The fourth-order valence-corrected chi connectivity index (χ4v) is 7.46. The van der Waals surface area contributed by atoms with Crippen LogP contribution in [0.3, 0.4) is 0 Å². The second-order valence-electron chi connectivity index (χ2n) is 12.7. The minimum Gasteiger partial charge on any atom is -0.307 e. The van der Waals surface area contributed by atoms with Gasteiger partial charge in [0.15, 0.2) is 0 Å². The van der Waals surface area contributed by atoms with Crippen molar-refractivity contribution in [3.05, 3.63) is 180 Å². The molecule has 6 nitrogen and oxygen atoms in total. The van der Waals surface area contributed by atoms with Gasteiger partial charge < -0.3 is 4.57 Å². The molecule has 0 N–H and O–H groups in total. The lowest BCUT2D eigenvalue weighted by Crippen LogP contribution is -2.29. The molecule has 242 valence electrons. The van der Waals surface area contributed by atoms with Crippen molar-refractivity contribution in [2.45, 2.75) is 0 Å². The number of benzene rings is 7. The fourth-order valence-electron chi connectivity index (χ4n) is 7.46. The van der Waals surface area contributed by atoms with E-state index in [0.29, 0.717) is 33.6 Å². The van der Waals surface area contributed by atoms with Crippen LogP contribution in [0, 0.1) is 22.7 Å². The zero-order valence-corrected chi connectivity index (χ0v) is 27.6. The van der Waals surface area contributed by atoms with Gasteiger partial charge in [-0.15, -0.1) is 0 Å². The monoisotopic (exact) mass is 666 g/mol. The summed E-state index contributed by atoms with van der Waals surface area (Å²) in [5, 5.41) is 21.4. The Kier molecular flexibility index (Phi) is 7.10. The maximum absolute atomic E-state index is 14.6. The molecule has 1 aliphatic heterocycles. The van der Waals surface area contributed by atoms with Gasteiger partial charge in [0.2, 0.25) is 0 Å². The lowest BCUT2D eigenvalue weighted by atomic mass is 9.99. The van der Waals surface area contributed by atoms with Crippen molar-refractivity contribution in [2.75, 3.05) is 4.90 Å². The van der Waals surface area contributed by atoms with E-state index in [1.807, 2.05) is 127 Å². The number of imide groups is 1. The molecule has 0 atom stereocenters. The molecule has 0 saturated heterocycles. The van der Waals surface area contributed by atoms with Crippen molar-refractivity contribution in [2.24, 2.45) is 0 Å². The minimum absolute atomic E-state index is 0.305. The number of nitriles is 2. The third kappa shape index (κ3) is 4.71. The second kappa shape index (κ2) is 12.1. The molecule has 0 fully saturated rings. The van der Waals surface area contributed by atoms with E-state index in [1.165, 1.54) is 4.90 Å². The number of anilines is 1. The SMILES string of the molecule is N#Cc1cccc(-c2cccc3c4cccc(-c5cccc(C#N)c5)c4n(-c4cccc5c4C(=O)N(c4ccc(-c6ccccc6)cc4)C5=O)c23)c1. The van der Waals surface area contributed by atoms with E-state index in [0.717, 1.165) is 55.2 Å². The third-order valence-corrected chi connectivity index (χ3v) is 9.78. The Morgan fingerprint density at radius 2 is 0.942 bits per heavy atom. The molecular weight excluding hydrogens is 641 g/mol. The number of hydrogen-bond donors (Lipinski definition) is 0. The molecule has 0 spiro atoms. The molecule has 2 heterocycles. The predicted molar refractivity (Wildman–Crippen MR) is 204 cm³/mol. The van der Waals surface area contributed by atoms with Crippen LogP contribution in [0.5, 0.6) is 0 Å². The third-order valence-electron chi connectivity index (χ3n) is 9.78. The molecule has 0 unspecified atom stereocenters. The molecule has 0 bridgehead atoms. The van der Waals surface area contributed by atoms with E-state index in [-0.39, 0.29) is 5.91 Å². The van der Waals surface area contributed by atoms with Crippen LogP contribution in [0.2, 0.25) is 0 Å². The number of carbonyl (C=O) groups excluding carboxylic acids is 2. The zero-order valence-electron chi connectivity index (χ0n) is 27.6. The first-order valence-corrected chi connectivity index (χ1v) is 16.8. The number of rotatable bonds is 5. The highest BCUT2D eigenvalue weighted by molar-refractivity contribution is 6.36. The Labute approximate surface area is 299 Å². The summed E-state index contributed by atoms with van der Waals surface area (Å²) in [6, 6.07) is 54.4. The van der Waals surface area contributed by atoms with Gasteiger partial charge in [0.25, 0.3) is 11.8 Å². The molecule has 52 heavy (non-hydrogen) atoms. The van der Waals surface area contributed by atoms with Gasteiger partial charge >= 0.3 is 0 Å². The molecule has 8 aromatic rings. The lowest BCUT2D eigenvalue weighted by molar-refractivity contribution is 0.0926. The number of fused-ring (bicyclic) bond motifs is 4. The van der Waals surface area contributed by atoms with Gasteiger partial charge in [0, 0.05) is 21.9 Å². The van der Waals surface area contributed by atoms with Crippen LogP contribution in [0.25, 0.3) is 60.9 Å². The Balaban J connectivity index is 1.32. The smallest absolute Gasteiger partial charge is 0.268 e. The molecule has 2 amide bonds. The van der Waals surface area contributed by atoms with Gasteiger partial charge in [0.05, 0.1) is 56.8 Å². The number of hydrogen-bond acceptors (Lipinski definition) is 4. The first kappa shape index (κ1) is 30.5. The van der Waals surface area contributed by atoms with Crippen LogP contribution >= 0.6 is 0 Å². The minimum atomic E-state index is -0.411. The molecule has 6 heteroatoms. The quantitative estimate of drug-likeness (QED) is 0.171. The second-order valence-corrected chi connectivity index (χ2v) is 12.7. The van der Waals surface area contributed by atoms with Gasteiger partial charge in [-0.1, -0.05) is 109 Å². The topological polar surface area (TPSA) is 89.9 Å². The summed E-state index contributed by atoms with van der Waals surface area (Å²) < 4.78 is 2.08. The van der Waals surface area contributed by atoms with Gasteiger partial charge in [-0.2, -0.15) is 10.5 Å². The summed E-state index contributed by atoms with van der Waals surface area (Å²) in [6.07, 6.45) is 0. The van der Waals surface area contributed by atoms with Crippen LogP contribution < -0.4 is 4.90 Å². The van der Waals surface area contributed by atoms with Crippen molar-refractivity contribution in [1.82, 2.24) is 4.57 Å². The Morgan fingerprint density at radius 1 is 0.442 bits per heavy atom. The van der Waals surface area contributed by atoms with Crippen LogP contribution in [-0.2, 0) is 0 Å². The maximum Gasteiger partial charge on any atom is 0.268 e. The van der Waals surface area contributed by atoms with E-state index in [1.54, 1.807) is 18.2 Å². The largest absolute Gasteiger partial charge is 0.307 e. The average molecular weight is 667 g/mol. The van der Waals surface area contributed by atoms with E-state index in [4.69, 9.17) is 0 Å². The first-order chi connectivity index (χ1) is 25.6. The molecule has 1 aromatic heterocycles. The number of aromatic nitrogens is 1. The highest BCUT2D eigenvalue weighted by atomic mass is 16.2. The van der Waals surface area contributed by atoms with Crippen molar-refractivity contribution in [3.8, 4) is 51.2 Å². The Morgan fingerprint density at radius 3 is 1.52 bits per heavy atom. The summed E-state index contributed by atoms with van der Waals surface area (Å²) in [5.74, 6) is -0.801. The molecule has 1 aliphatic rings. The van der Waals surface area contributed by atoms with Gasteiger partial charge in [0.1, 0.15) is 0 Å². The predicted octanol–water partition coefficient (Wildman–Crippen LogP) is 10.3. The summed E-state index contributed by atoms with van der Waals surface area (Å²) in [5.41, 5.74) is 9.83. The van der Waals surface area contributed by atoms with Crippen molar-refractivity contribution in [1.29, 1.82) is 10.5 Å². The van der Waals surface area contributed by atoms with Crippen molar-refractivity contribution >= 4 is 39.3 Å². The molecule has 9 rings (SSSR count). The maximum atomic E-state index is 14.6. The first-order valence-electron chi connectivity index (χ1n) is 16.8. The standard InChI is InChI=1S/C46H26N4O2/c47-27-29-9-4-13-33(25-29)36-15-6-17-38-39-18-7-16-37(34-14-5-10-30(26-34)28-48)44(39)50(43(36)38)41-20-8-19-40-42(41)46(52)49(45(40)51)35-23-21-32(22-24-35)31-11-2-1-3-12-31/h1-26H. The van der Waals surface area contributed by atoms with Crippen molar-refractivity contribution < 1.29 is 9.59 Å². The van der Waals surface area contributed by atoms with Crippen LogP contribution in [-0.4, -0.2) is 16.4 Å². The van der Waals surface area contributed by atoms with E-state index in [9.17, 15) is 20.1 Å². The van der Waals surface area contributed by atoms with Crippen LogP contribution in [0.1, 0.15) is 31.8 Å². The van der Waals surface area contributed by atoms with Crippen LogP contribution in [0.4, 0.5) is 5.69 Å². The Bertz CT molecular complexity index is 2740. The van der Waals surface area contributed by atoms with Crippen molar-refractivity contribution in [3.63, 3.8) is 0 Å². The van der Waals surface area contributed by atoms with E-state index in [2.05, 4.69) is 28.8 Å². The summed E-state index contributed by atoms with van der Waals surface area (Å²) in [4.78, 5) is 30.1.